The quantitative estimate of drug-likeness (QED) is 0.703. The highest BCUT2D eigenvalue weighted by Gasteiger charge is 2.20. The van der Waals surface area contributed by atoms with Crippen LogP contribution in [0.3, 0.4) is 0 Å². The molecule has 0 aromatic carbocycles. The molecule has 22 heavy (non-hydrogen) atoms. The van der Waals surface area contributed by atoms with Gasteiger partial charge in [-0.15, -0.1) is 0 Å². The molecule has 0 amide bonds. The maximum Gasteiger partial charge on any atom is 0.181 e. The molecular weight excluding hydrogens is 344 g/mol. The van der Waals surface area contributed by atoms with Crippen molar-refractivity contribution in [2.75, 3.05) is 6.54 Å². The number of fused-ring (bicyclic) bond motifs is 2. The Bertz CT molecular complexity index is 845. The molecule has 4 rings (SSSR count). The first-order chi connectivity index (χ1) is 10.7. The van der Waals surface area contributed by atoms with Crippen LogP contribution in [0.1, 0.15) is 22.7 Å². The number of aromatic nitrogens is 3. The molecule has 0 radical (unpaired) electrons. The third-order valence-electron chi connectivity index (χ3n) is 4.08. The fraction of sp³-hybridized carbons (Fsp3) is 0.312. The molecule has 0 N–H and O–H groups in total. The molecule has 0 saturated carbocycles. The highest BCUT2D eigenvalue weighted by atomic mass is 79.9. The van der Waals surface area contributed by atoms with Crippen LogP contribution in [0, 0.1) is 6.92 Å². The summed E-state index contributed by atoms with van der Waals surface area (Å²) in [6, 6.07) is 4.27. The van der Waals surface area contributed by atoms with Crippen LogP contribution in [0.15, 0.2) is 33.6 Å². The molecule has 0 aliphatic carbocycles. The normalized spacial score (nSPS) is 15.2. The zero-order valence-corrected chi connectivity index (χ0v) is 13.8. The van der Waals surface area contributed by atoms with Gasteiger partial charge in [0, 0.05) is 47.8 Å². The summed E-state index contributed by atoms with van der Waals surface area (Å²) in [5.74, 6) is 0.899. The van der Waals surface area contributed by atoms with E-state index in [-0.39, 0.29) is 0 Å². The lowest BCUT2D eigenvalue weighted by molar-refractivity contribution is 0.240. The number of oxazole rings is 1. The molecule has 5 nitrogen and oxygen atoms in total. The Morgan fingerprint density at radius 2 is 2.23 bits per heavy atom. The van der Waals surface area contributed by atoms with Crippen molar-refractivity contribution in [3.63, 3.8) is 0 Å². The summed E-state index contributed by atoms with van der Waals surface area (Å²) in [5.41, 5.74) is 4.28. The highest BCUT2D eigenvalue weighted by molar-refractivity contribution is 9.10. The minimum atomic E-state index is 0.816. The topological polar surface area (TPSA) is 55.1 Å². The van der Waals surface area contributed by atoms with Crippen LogP contribution in [-0.4, -0.2) is 26.4 Å². The van der Waals surface area contributed by atoms with Crippen molar-refractivity contribution in [2.24, 2.45) is 0 Å². The lowest BCUT2D eigenvalue weighted by Crippen LogP contribution is -2.31. The summed E-state index contributed by atoms with van der Waals surface area (Å²) in [5, 5.41) is 1.08. The average Bonchev–Trinajstić information content (AvgIpc) is 2.90. The van der Waals surface area contributed by atoms with Gasteiger partial charge in [-0.3, -0.25) is 4.90 Å². The first kappa shape index (κ1) is 13.8. The van der Waals surface area contributed by atoms with Crippen LogP contribution >= 0.6 is 15.9 Å². The number of aryl methyl sites for hydroxylation is 1. The fourth-order valence-corrected chi connectivity index (χ4v) is 3.23. The number of rotatable bonds is 2. The largest absolute Gasteiger partial charge is 0.448 e. The molecule has 112 valence electrons. The fourth-order valence-electron chi connectivity index (χ4n) is 2.88. The second-order valence-corrected chi connectivity index (χ2v) is 6.53. The van der Waals surface area contributed by atoms with Crippen molar-refractivity contribution in [3.05, 3.63) is 51.9 Å². The molecule has 3 aromatic rings. The van der Waals surface area contributed by atoms with Crippen molar-refractivity contribution < 1.29 is 4.42 Å². The third kappa shape index (κ3) is 2.53. The number of halogens is 1. The summed E-state index contributed by atoms with van der Waals surface area (Å²) in [6.45, 7) is 4.64. The van der Waals surface area contributed by atoms with Gasteiger partial charge in [0.15, 0.2) is 12.0 Å². The van der Waals surface area contributed by atoms with Crippen molar-refractivity contribution in [1.82, 2.24) is 19.9 Å². The molecule has 1 aliphatic heterocycles. The third-order valence-corrected chi connectivity index (χ3v) is 4.51. The van der Waals surface area contributed by atoms with Gasteiger partial charge in [0.1, 0.15) is 5.76 Å². The minimum Gasteiger partial charge on any atom is -0.448 e. The Labute approximate surface area is 136 Å². The summed E-state index contributed by atoms with van der Waals surface area (Å²) in [6.07, 6.45) is 4.25. The molecule has 0 unspecified atom stereocenters. The van der Waals surface area contributed by atoms with Crippen LogP contribution < -0.4 is 0 Å². The van der Waals surface area contributed by atoms with E-state index < -0.39 is 0 Å². The summed E-state index contributed by atoms with van der Waals surface area (Å²) < 4.78 is 6.26. The van der Waals surface area contributed by atoms with Crippen molar-refractivity contribution in [3.8, 4) is 0 Å². The number of hydrogen-bond acceptors (Lipinski definition) is 5. The lowest BCUT2D eigenvalue weighted by atomic mass is 10.0. The monoisotopic (exact) mass is 358 g/mol. The molecule has 0 fully saturated rings. The zero-order chi connectivity index (χ0) is 15.1. The Kier molecular flexibility index (Phi) is 3.43. The smallest absolute Gasteiger partial charge is 0.181 e. The van der Waals surface area contributed by atoms with Gasteiger partial charge in [-0.2, -0.15) is 0 Å². The molecule has 0 saturated heterocycles. The van der Waals surface area contributed by atoms with Crippen molar-refractivity contribution in [1.29, 1.82) is 0 Å². The standard InChI is InChI=1S/C16H15BrN4O/c1-10-15(19-9-22-10)8-21-3-2-14-12(7-21)4-11-5-13(17)6-18-16(11)20-14/h4-6,9H,2-3,7-8H2,1H3. The first-order valence-electron chi connectivity index (χ1n) is 7.24. The molecular formula is C16H15BrN4O. The maximum atomic E-state index is 5.28. The summed E-state index contributed by atoms with van der Waals surface area (Å²) >= 11 is 3.47. The predicted molar refractivity (Wildman–Crippen MR) is 86.3 cm³/mol. The Morgan fingerprint density at radius 1 is 1.32 bits per heavy atom. The molecule has 6 heteroatoms. The highest BCUT2D eigenvalue weighted by Crippen LogP contribution is 2.24. The minimum absolute atomic E-state index is 0.816. The second-order valence-electron chi connectivity index (χ2n) is 5.61. The van der Waals surface area contributed by atoms with E-state index in [9.17, 15) is 0 Å². The predicted octanol–water partition coefficient (Wildman–Crippen LogP) is 3.25. The van der Waals surface area contributed by atoms with E-state index in [2.05, 4.69) is 42.9 Å². The van der Waals surface area contributed by atoms with E-state index in [1.54, 1.807) is 6.20 Å². The van der Waals surface area contributed by atoms with Gasteiger partial charge in [-0.25, -0.2) is 15.0 Å². The first-order valence-corrected chi connectivity index (χ1v) is 8.04. The zero-order valence-electron chi connectivity index (χ0n) is 12.2. The molecule has 4 heterocycles. The van der Waals surface area contributed by atoms with E-state index in [1.807, 2.05) is 6.92 Å². The van der Waals surface area contributed by atoms with E-state index >= 15 is 0 Å². The van der Waals surface area contributed by atoms with Gasteiger partial charge in [-0.1, -0.05) is 0 Å². The van der Waals surface area contributed by atoms with Crippen LogP contribution in [-0.2, 0) is 19.5 Å². The van der Waals surface area contributed by atoms with Gasteiger partial charge in [0.25, 0.3) is 0 Å². The molecule has 0 bridgehead atoms. The Balaban J connectivity index is 1.63. The SMILES string of the molecule is Cc1ocnc1CN1CCc2nc3ncc(Br)cc3cc2C1. The van der Waals surface area contributed by atoms with Crippen LogP contribution in [0.4, 0.5) is 0 Å². The van der Waals surface area contributed by atoms with Gasteiger partial charge in [0.05, 0.1) is 5.69 Å². The van der Waals surface area contributed by atoms with E-state index in [0.29, 0.717) is 0 Å². The number of nitrogens with zero attached hydrogens (tertiary/aromatic N) is 4. The maximum absolute atomic E-state index is 5.28. The van der Waals surface area contributed by atoms with Gasteiger partial charge in [-0.05, 0) is 40.5 Å². The number of hydrogen-bond donors (Lipinski definition) is 0. The lowest BCUT2D eigenvalue weighted by Gasteiger charge is -2.27. The number of pyridine rings is 2. The molecule has 1 aliphatic rings. The molecule has 3 aromatic heterocycles. The summed E-state index contributed by atoms with van der Waals surface area (Å²) in [7, 11) is 0. The van der Waals surface area contributed by atoms with Crippen molar-refractivity contribution in [2.45, 2.75) is 26.4 Å². The van der Waals surface area contributed by atoms with Gasteiger partial charge in [0.2, 0.25) is 0 Å². The van der Waals surface area contributed by atoms with Crippen molar-refractivity contribution >= 4 is 27.0 Å². The average molecular weight is 359 g/mol. The van der Waals surface area contributed by atoms with Crippen LogP contribution in [0.25, 0.3) is 11.0 Å². The van der Waals surface area contributed by atoms with Gasteiger partial charge >= 0.3 is 0 Å². The van der Waals surface area contributed by atoms with E-state index in [0.717, 1.165) is 58.7 Å². The summed E-state index contributed by atoms with van der Waals surface area (Å²) in [4.78, 5) is 15.8. The Morgan fingerprint density at radius 3 is 3.05 bits per heavy atom. The van der Waals surface area contributed by atoms with Crippen LogP contribution in [0.5, 0.6) is 0 Å². The van der Waals surface area contributed by atoms with Gasteiger partial charge < -0.3 is 4.42 Å². The van der Waals surface area contributed by atoms with E-state index in [1.165, 1.54) is 12.0 Å². The second kappa shape index (κ2) is 5.44. The Hall–Kier alpha value is -1.79. The van der Waals surface area contributed by atoms with Crippen LogP contribution in [0.2, 0.25) is 0 Å². The van der Waals surface area contributed by atoms with E-state index in [4.69, 9.17) is 9.40 Å². The molecule has 0 atom stereocenters. The molecule has 0 spiro atoms.